The molecule has 72 valence electrons. The van der Waals surface area contributed by atoms with Crippen molar-refractivity contribution < 1.29 is 5.11 Å². The highest BCUT2D eigenvalue weighted by Gasteiger charge is 2.21. The molecular weight excluding hydrogens is 160 g/mol. The van der Waals surface area contributed by atoms with Crippen LogP contribution in [0.1, 0.15) is 39.2 Å². The van der Waals surface area contributed by atoms with Gasteiger partial charge in [-0.05, 0) is 29.0 Å². The molecule has 0 aromatic heterocycles. The summed E-state index contributed by atoms with van der Waals surface area (Å²) in [4.78, 5) is 0. The largest absolute Gasteiger partial charge is 0.508 e. The van der Waals surface area contributed by atoms with E-state index in [9.17, 15) is 0 Å². The Hall–Kier alpha value is -0.980. The summed E-state index contributed by atoms with van der Waals surface area (Å²) in [6, 6.07) is 7.48. The zero-order valence-electron chi connectivity index (χ0n) is 8.83. The molecule has 1 aromatic rings. The summed E-state index contributed by atoms with van der Waals surface area (Å²) in [5, 5.41) is 9.14. The first-order valence-electron chi connectivity index (χ1n) is 4.70. The van der Waals surface area contributed by atoms with Gasteiger partial charge in [-0.25, -0.2) is 0 Å². The molecule has 1 N–H and O–H groups in total. The van der Waals surface area contributed by atoms with E-state index in [0.29, 0.717) is 11.7 Å². The summed E-state index contributed by atoms with van der Waals surface area (Å²) in [5.74, 6) is 0.845. The van der Waals surface area contributed by atoms with Crippen molar-refractivity contribution in [1.29, 1.82) is 0 Å². The molecule has 1 heteroatoms. The van der Waals surface area contributed by atoms with Crippen molar-refractivity contribution in [3.05, 3.63) is 29.8 Å². The van der Waals surface area contributed by atoms with E-state index in [1.807, 2.05) is 12.1 Å². The van der Waals surface area contributed by atoms with Gasteiger partial charge in [0.1, 0.15) is 5.75 Å². The van der Waals surface area contributed by atoms with Gasteiger partial charge in [-0.15, -0.1) is 0 Å². The predicted octanol–water partition coefficient (Wildman–Crippen LogP) is 3.54. The van der Waals surface area contributed by atoms with Crippen LogP contribution in [0.25, 0.3) is 0 Å². The lowest BCUT2D eigenvalue weighted by Crippen LogP contribution is -2.14. The summed E-state index contributed by atoms with van der Waals surface area (Å²) >= 11 is 0. The molecule has 0 aliphatic heterocycles. The number of hydrogen-bond acceptors (Lipinski definition) is 1. The van der Waals surface area contributed by atoms with Gasteiger partial charge in [0, 0.05) is 0 Å². The minimum absolute atomic E-state index is 0.275. The molecule has 0 heterocycles. The Morgan fingerprint density at radius 1 is 1.08 bits per heavy atom. The first kappa shape index (κ1) is 10.1. The third kappa shape index (κ3) is 2.48. The van der Waals surface area contributed by atoms with Crippen LogP contribution < -0.4 is 0 Å². The summed E-state index contributed by atoms with van der Waals surface area (Å²) in [6.07, 6.45) is 0. The molecule has 0 unspecified atom stereocenters. The summed E-state index contributed by atoms with van der Waals surface area (Å²) < 4.78 is 0. The van der Waals surface area contributed by atoms with Crippen molar-refractivity contribution in [3.63, 3.8) is 0 Å². The lowest BCUT2D eigenvalue weighted by molar-refractivity contribution is 0.339. The average molecular weight is 178 g/mol. The predicted molar refractivity (Wildman–Crippen MR) is 56.0 cm³/mol. The smallest absolute Gasteiger partial charge is 0.115 e. The van der Waals surface area contributed by atoms with Crippen LogP contribution in [0.4, 0.5) is 0 Å². The normalized spacial score (nSPS) is 14.2. The van der Waals surface area contributed by atoms with E-state index in [4.69, 9.17) is 5.11 Å². The molecular formula is C12H18O. The van der Waals surface area contributed by atoms with E-state index in [-0.39, 0.29) is 5.41 Å². The number of hydrogen-bond donors (Lipinski definition) is 1. The van der Waals surface area contributed by atoms with Gasteiger partial charge in [-0.3, -0.25) is 0 Å². The number of phenols is 1. The second-order valence-electron chi connectivity index (χ2n) is 4.68. The molecule has 0 bridgehead atoms. The fourth-order valence-electron chi connectivity index (χ4n) is 1.26. The Bertz CT molecular complexity index is 266. The number of aromatic hydroxyl groups is 1. The van der Waals surface area contributed by atoms with E-state index in [1.54, 1.807) is 12.1 Å². The highest BCUT2D eigenvalue weighted by molar-refractivity contribution is 5.28. The van der Waals surface area contributed by atoms with Crippen LogP contribution in [0.15, 0.2) is 24.3 Å². The first-order valence-corrected chi connectivity index (χ1v) is 4.70. The molecule has 0 aliphatic rings. The molecule has 0 spiro atoms. The van der Waals surface area contributed by atoms with Crippen LogP contribution >= 0.6 is 0 Å². The lowest BCUT2D eigenvalue weighted by atomic mass is 9.78. The van der Waals surface area contributed by atoms with Gasteiger partial charge in [0.2, 0.25) is 0 Å². The Balaban J connectivity index is 2.90. The number of phenolic OH excluding ortho intramolecular Hbond substituents is 1. The van der Waals surface area contributed by atoms with Crippen molar-refractivity contribution in [2.24, 2.45) is 5.41 Å². The monoisotopic (exact) mass is 178 g/mol. The lowest BCUT2D eigenvalue weighted by Gasteiger charge is -2.27. The quantitative estimate of drug-likeness (QED) is 0.697. The van der Waals surface area contributed by atoms with Crippen molar-refractivity contribution in [1.82, 2.24) is 0 Å². The highest BCUT2D eigenvalue weighted by Crippen LogP contribution is 2.34. The summed E-state index contributed by atoms with van der Waals surface area (Å²) in [5.41, 5.74) is 1.56. The maximum atomic E-state index is 9.14. The average Bonchev–Trinajstić information content (AvgIpc) is 2.03. The molecule has 0 radical (unpaired) electrons. The van der Waals surface area contributed by atoms with Crippen LogP contribution in [-0.4, -0.2) is 5.11 Å². The number of benzene rings is 1. The van der Waals surface area contributed by atoms with E-state index >= 15 is 0 Å². The molecule has 1 nitrogen and oxygen atoms in total. The van der Waals surface area contributed by atoms with Gasteiger partial charge in [0.05, 0.1) is 0 Å². The fraction of sp³-hybridized carbons (Fsp3) is 0.500. The standard InChI is InChI=1S/C12H18O/c1-9(12(2,3)4)10-5-7-11(13)8-6-10/h5-9,13H,1-4H3/t9-/m1/s1. The summed E-state index contributed by atoms with van der Waals surface area (Å²) in [7, 11) is 0. The Kier molecular flexibility index (Phi) is 2.65. The second-order valence-corrected chi connectivity index (χ2v) is 4.68. The van der Waals surface area contributed by atoms with Gasteiger partial charge in [0.25, 0.3) is 0 Å². The third-order valence-corrected chi connectivity index (χ3v) is 2.69. The van der Waals surface area contributed by atoms with Crippen molar-refractivity contribution in [2.45, 2.75) is 33.6 Å². The van der Waals surface area contributed by atoms with Crippen LogP contribution in [-0.2, 0) is 0 Å². The molecule has 1 rings (SSSR count). The SMILES string of the molecule is C[C@H](c1ccc(O)cc1)C(C)(C)C. The van der Waals surface area contributed by atoms with Crippen molar-refractivity contribution in [3.8, 4) is 5.75 Å². The topological polar surface area (TPSA) is 20.2 Å². The minimum atomic E-state index is 0.275. The molecule has 1 aromatic carbocycles. The highest BCUT2D eigenvalue weighted by atomic mass is 16.3. The Morgan fingerprint density at radius 2 is 1.54 bits per heavy atom. The maximum Gasteiger partial charge on any atom is 0.115 e. The van der Waals surface area contributed by atoms with Crippen molar-refractivity contribution in [2.75, 3.05) is 0 Å². The van der Waals surface area contributed by atoms with Crippen LogP contribution in [0.3, 0.4) is 0 Å². The van der Waals surface area contributed by atoms with E-state index in [1.165, 1.54) is 5.56 Å². The first-order chi connectivity index (χ1) is 5.91. The van der Waals surface area contributed by atoms with Gasteiger partial charge in [-0.1, -0.05) is 39.8 Å². The Labute approximate surface area is 80.4 Å². The van der Waals surface area contributed by atoms with Gasteiger partial charge in [0.15, 0.2) is 0 Å². The zero-order chi connectivity index (χ0) is 10.1. The van der Waals surface area contributed by atoms with Crippen LogP contribution in [0.5, 0.6) is 5.75 Å². The second kappa shape index (κ2) is 3.41. The van der Waals surface area contributed by atoms with Crippen molar-refractivity contribution >= 4 is 0 Å². The molecule has 0 amide bonds. The maximum absolute atomic E-state index is 9.14. The molecule has 0 fully saturated rings. The molecule has 0 saturated carbocycles. The van der Waals surface area contributed by atoms with Gasteiger partial charge < -0.3 is 5.11 Å². The zero-order valence-corrected chi connectivity index (χ0v) is 8.83. The van der Waals surface area contributed by atoms with E-state index in [0.717, 1.165) is 0 Å². The molecule has 1 atom stereocenters. The third-order valence-electron chi connectivity index (χ3n) is 2.69. The van der Waals surface area contributed by atoms with E-state index < -0.39 is 0 Å². The van der Waals surface area contributed by atoms with Crippen LogP contribution in [0, 0.1) is 5.41 Å². The number of rotatable bonds is 1. The molecule has 13 heavy (non-hydrogen) atoms. The molecule has 0 aliphatic carbocycles. The van der Waals surface area contributed by atoms with Gasteiger partial charge in [-0.2, -0.15) is 0 Å². The summed E-state index contributed by atoms with van der Waals surface area (Å²) in [6.45, 7) is 8.89. The minimum Gasteiger partial charge on any atom is -0.508 e. The fourth-order valence-corrected chi connectivity index (χ4v) is 1.26. The van der Waals surface area contributed by atoms with Gasteiger partial charge >= 0.3 is 0 Å². The van der Waals surface area contributed by atoms with Crippen LogP contribution in [0.2, 0.25) is 0 Å². The Morgan fingerprint density at radius 3 is 1.92 bits per heavy atom. The molecule has 0 saturated heterocycles. The van der Waals surface area contributed by atoms with E-state index in [2.05, 4.69) is 27.7 Å².